The van der Waals surface area contributed by atoms with Crippen molar-refractivity contribution in [2.45, 2.75) is 6.92 Å². The Bertz CT molecular complexity index is 504. The van der Waals surface area contributed by atoms with E-state index in [0.29, 0.717) is 5.84 Å². The summed E-state index contributed by atoms with van der Waals surface area (Å²) in [5.74, 6) is 0.507. The van der Waals surface area contributed by atoms with Gasteiger partial charge in [0.25, 0.3) is 0 Å². The van der Waals surface area contributed by atoms with Crippen LogP contribution < -0.4 is 5.73 Å². The van der Waals surface area contributed by atoms with Gasteiger partial charge in [0.1, 0.15) is 5.84 Å². The molecule has 1 aromatic carbocycles. The SMILES string of the molecule is Cc1cncc(N=C(N)c2ccccc2)c1. The Morgan fingerprint density at radius 2 is 1.94 bits per heavy atom. The standard InChI is InChI=1S/C13H13N3/c1-10-7-12(9-15-8-10)16-13(14)11-5-3-2-4-6-11/h2-9H,1H3,(H2,14,16). The molecule has 0 spiro atoms. The van der Waals surface area contributed by atoms with Gasteiger partial charge in [-0.1, -0.05) is 30.3 Å². The number of pyridine rings is 1. The quantitative estimate of drug-likeness (QED) is 0.612. The summed E-state index contributed by atoms with van der Waals surface area (Å²) in [6.07, 6.45) is 3.49. The lowest BCUT2D eigenvalue weighted by Gasteiger charge is -2.00. The molecule has 0 saturated carbocycles. The molecule has 0 fully saturated rings. The van der Waals surface area contributed by atoms with E-state index >= 15 is 0 Å². The summed E-state index contributed by atoms with van der Waals surface area (Å²) in [6, 6.07) is 11.6. The number of nitrogens with zero attached hydrogens (tertiary/aromatic N) is 2. The van der Waals surface area contributed by atoms with Gasteiger partial charge in [0, 0.05) is 11.8 Å². The Hall–Kier alpha value is -2.16. The highest BCUT2D eigenvalue weighted by Crippen LogP contribution is 2.12. The van der Waals surface area contributed by atoms with Crippen LogP contribution in [0.2, 0.25) is 0 Å². The Morgan fingerprint density at radius 3 is 2.62 bits per heavy atom. The summed E-state index contributed by atoms with van der Waals surface area (Å²) in [5, 5.41) is 0. The molecule has 0 amide bonds. The first kappa shape index (κ1) is 10.4. The average Bonchev–Trinajstić information content (AvgIpc) is 2.30. The Morgan fingerprint density at radius 1 is 1.19 bits per heavy atom. The molecule has 0 unspecified atom stereocenters. The maximum absolute atomic E-state index is 5.90. The van der Waals surface area contributed by atoms with Crippen molar-refractivity contribution in [2.24, 2.45) is 10.7 Å². The van der Waals surface area contributed by atoms with E-state index in [2.05, 4.69) is 9.98 Å². The number of hydrogen-bond acceptors (Lipinski definition) is 2. The number of aliphatic imine (C=N–C) groups is 1. The van der Waals surface area contributed by atoms with Crippen molar-refractivity contribution in [2.75, 3.05) is 0 Å². The molecule has 1 heterocycles. The van der Waals surface area contributed by atoms with Crippen LogP contribution in [0.15, 0.2) is 53.8 Å². The zero-order chi connectivity index (χ0) is 11.4. The lowest BCUT2D eigenvalue weighted by molar-refractivity contribution is 1.25. The second-order valence-electron chi connectivity index (χ2n) is 3.58. The van der Waals surface area contributed by atoms with E-state index in [1.807, 2.05) is 43.3 Å². The van der Waals surface area contributed by atoms with Crippen LogP contribution in [0.4, 0.5) is 5.69 Å². The number of aromatic nitrogens is 1. The molecule has 0 saturated heterocycles. The fourth-order valence-electron chi connectivity index (χ4n) is 1.41. The minimum atomic E-state index is 0.507. The molecule has 2 rings (SSSR count). The second-order valence-corrected chi connectivity index (χ2v) is 3.58. The first-order chi connectivity index (χ1) is 7.75. The van der Waals surface area contributed by atoms with Crippen molar-refractivity contribution in [3.63, 3.8) is 0 Å². The topological polar surface area (TPSA) is 51.3 Å². The van der Waals surface area contributed by atoms with Crippen molar-refractivity contribution < 1.29 is 0 Å². The highest BCUT2D eigenvalue weighted by atomic mass is 14.9. The van der Waals surface area contributed by atoms with E-state index in [9.17, 15) is 0 Å². The predicted octanol–water partition coefficient (Wildman–Crippen LogP) is 2.43. The van der Waals surface area contributed by atoms with Crippen LogP contribution in [-0.4, -0.2) is 10.8 Å². The lowest BCUT2D eigenvalue weighted by Crippen LogP contribution is -2.12. The van der Waals surface area contributed by atoms with Crippen LogP contribution in [0, 0.1) is 6.92 Å². The maximum atomic E-state index is 5.90. The van der Waals surface area contributed by atoms with Crippen LogP contribution in [0.3, 0.4) is 0 Å². The minimum Gasteiger partial charge on any atom is -0.383 e. The molecule has 0 radical (unpaired) electrons. The normalized spacial score (nSPS) is 11.4. The van der Waals surface area contributed by atoms with Crippen LogP contribution in [0.5, 0.6) is 0 Å². The Balaban J connectivity index is 2.32. The number of aryl methyl sites for hydroxylation is 1. The summed E-state index contributed by atoms with van der Waals surface area (Å²) in [5.41, 5.74) is 8.67. The second kappa shape index (κ2) is 4.57. The summed E-state index contributed by atoms with van der Waals surface area (Å²) in [4.78, 5) is 8.39. The summed E-state index contributed by atoms with van der Waals surface area (Å²) in [6.45, 7) is 1.98. The monoisotopic (exact) mass is 211 g/mol. The van der Waals surface area contributed by atoms with Crippen molar-refractivity contribution in [3.8, 4) is 0 Å². The van der Waals surface area contributed by atoms with Gasteiger partial charge in [-0.15, -0.1) is 0 Å². The molecule has 2 aromatic rings. The minimum absolute atomic E-state index is 0.507. The lowest BCUT2D eigenvalue weighted by atomic mass is 10.2. The first-order valence-electron chi connectivity index (χ1n) is 5.07. The molecule has 2 N–H and O–H groups in total. The average molecular weight is 211 g/mol. The number of nitrogens with two attached hydrogens (primary N) is 1. The van der Waals surface area contributed by atoms with E-state index in [4.69, 9.17) is 5.73 Å². The van der Waals surface area contributed by atoms with Gasteiger partial charge in [-0.05, 0) is 18.6 Å². The molecule has 1 aromatic heterocycles. The number of hydrogen-bond donors (Lipinski definition) is 1. The predicted molar refractivity (Wildman–Crippen MR) is 65.8 cm³/mol. The van der Waals surface area contributed by atoms with Gasteiger partial charge < -0.3 is 5.73 Å². The van der Waals surface area contributed by atoms with Crippen LogP contribution in [-0.2, 0) is 0 Å². The molecule has 16 heavy (non-hydrogen) atoms. The van der Waals surface area contributed by atoms with E-state index in [-0.39, 0.29) is 0 Å². The zero-order valence-electron chi connectivity index (χ0n) is 9.09. The van der Waals surface area contributed by atoms with Crippen molar-refractivity contribution >= 4 is 11.5 Å². The van der Waals surface area contributed by atoms with E-state index < -0.39 is 0 Å². The van der Waals surface area contributed by atoms with Crippen molar-refractivity contribution in [1.29, 1.82) is 0 Å². The number of rotatable bonds is 2. The van der Waals surface area contributed by atoms with E-state index in [1.54, 1.807) is 12.4 Å². The fraction of sp³-hybridized carbons (Fsp3) is 0.0769. The third-order valence-electron chi connectivity index (χ3n) is 2.18. The number of amidine groups is 1. The van der Waals surface area contributed by atoms with Crippen LogP contribution in [0.1, 0.15) is 11.1 Å². The van der Waals surface area contributed by atoms with Gasteiger partial charge in [0.05, 0.1) is 11.9 Å². The highest BCUT2D eigenvalue weighted by molar-refractivity contribution is 5.98. The van der Waals surface area contributed by atoms with Gasteiger partial charge >= 0.3 is 0 Å². The molecular weight excluding hydrogens is 198 g/mol. The molecule has 80 valence electrons. The summed E-state index contributed by atoms with van der Waals surface area (Å²) >= 11 is 0. The van der Waals surface area contributed by atoms with Crippen molar-refractivity contribution in [3.05, 3.63) is 59.9 Å². The van der Waals surface area contributed by atoms with Gasteiger partial charge in [0.15, 0.2) is 0 Å². The third kappa shape index (κ3) is 2.45. The van der Waals surface area contributed by atoms with Crippen LogP contribution in [0.25, 0.3) is 0 Å². The molecule has 3 heteroatoms. The molecule has 0 bridgehead atoms. The largest absolute Gasteiger partial charge is 0.383 e. The van der Waals surface area contributed by atoms with Gasteiger partial charge in [-0.2, -0.15) is 0 Å². The molecule has 0 atom stereocenters. The summed E-state index contributed by atoms with van der Waals surface area (Å²) < 4.78 is 0. The zero-order valence-corrected chi connectivity index (χ0v) is 9.09. The van der Waals surface area contributed by atoms with E-state index in [1.165, 1.54) is 0 Å². The van der Waals surface area contributed by atoms with Gasteiger partial charge in [0.2, 0.25) is 0 Å². The number of benzene rings is 1. The van der Waals surface area contributed by atoms with Gasteiger partial charge in [-0.3, -0.25) is 4.98 Å². The fourth-order valence-corrected chi connectivity index (χ4v) is 1.41. The highest BCUT2D eigenvalue weighted by Gasteiger charge is 1.97. The Kier molecular flexibility index (Phi) is 2.96. The van der Waals surface area contributed by atoms with Gasteiger partial charge in [-0.25, -0.2) is 4.99 Å². The molecule has 0 aliphatic carbocycles. The van der Waals surface area contributed by atoms with Crippen molar-refractivity contribution in [1.82, 2.24) is 4.98 Å². The first-order valence-corrected chi connectivity index (χ1v) is 5.07. The molecular formula is C13H13N3. The smallest absolute Gasteiger partial charge is 0.131 e. The third-order valence-corrected chi connectivity index (χ3v) is 2.18. The Labute approximate surface area is 94.7 Å². The maximum Gasteiger partial charge on any atom is 0.131 e. The molecule has 0 aliphatic heterocycles. The molecule has 0 aliphatic rings. The van der Waals surface area contributed by atoms with Crippen LogP contribution >= 0.6 is 0 Å². The van der Waals surface area contributed by atoms with E-state index in [0.717, 1.165) is 16.8 Å². The molecule has 3 nitrogen and oxygen atoms in total. The summed E-state index contributed by atoms with van der Waals surface area (Å²) in [7, 11) is 0.